The average Bonchev–Trinajstić information content (AvgIpc) is 3.48. The number of hydrogen-bond acceptors (Lipinski definition) is 6. The summed E-state index contributed by atoms with van der Waals surface area (Å²) >= 11 is 1.60. The Hall–Kier alpha value is -2.74. The van der Waals surface area contributed by atoms with E-state index in [4.69, 9.17) is 4.74 Å². The second kappa shape index (κ2) is 9.81. The molecule has 32 heavy (non-hydrogen) atoms. The van der Waals surface area contributed by atoms with Crippen LogP contribution < -0.4 is 5.32 Å². The molecule has 1 aromatic carbocycles. The molecule has 4 rings (SSSR count). The standard InChI is InChI=1S/C22H26N4O3S.C2H6/c1-13-18(30-12-23-13)15-9-7-14(8-10-15)17-20(27)25-19(24-17)16-6-5-11-26(16)21(28)29-22(2,3)4;1-2/h7-10,12,16-17H,5-6,11H2,1-4H3,(H,24,25,27);1-2H3. The first-order chi connectivity index (χ1) is 15.2. The highest BCUT2D eigenvalue weighted by molar-refractivity contribution is 7.13. The molecule has 1 N–H and O–H groups in total. The number of ether oxygens (including phenoxy) is 1. The van der Waals surface area contributed by atoms with E-state index in [9.17, 15) is 9.59 Å². The molecule has 0 saturated carbocycles. The van der Waals surface area contributed by atoms with E-state index in [-0.39, 0.29) is 18.0 Å². The van der Waals surface area contributed by atoms with Crippen molar-refractivity contribution in [1.82, 2.24) is 15.2 Å². The van der Waals surface area contributed by atoms with Crippen LogP contribution >= 0.6 is 11.3 Å². The summed E-state index contributed by atoms with van der Waals surface area (Å²) in [6, 6.07) is 7.01. The summed E-state index contributed by atoms with van der Waals surface area (Å²) in [7, 11) is 0. The molecular weight excluding hydrogens is 424 g/mol. The largest absolute Gasteiger partial charge is 0.444 e. The topological polar surface area (TPSA) is 83.9 Å². The number of nitrogens with one attached hydrogen (secondary N) is 1. The third-order valence-electron chi connectivity index (χ3n) is 5.20. The van der Waals surface area contributed by atoms with Crippen LogP contribution in [0.25, 0.3) is 10.4 Å². The lowest BCUT2D eigenvalue weighted by Gasteiger charge is -2.28. The summed E-state index contributed by atoms with van der Waals surface area (Å²) < 4.78 is 5.52. The lowest BCUT2D eigenvalue weighted by Crippen LogP contribution is -2.47. The molecule has 0 spiro atoms. The molecule has 0 aliphatic carbocycles. The zero-order valence-corrected chi connectivity index (χ0v) is 20.5. The number of aliphatic imine (C=N–C) groups is 1. The molecule has 2 aliphatic rings. The summed E-state index contributed by atoms with van der Waals surface area (Å²) in [5.74, 6) is 0.387. The number of thiazole rings is 1. The number of carbonyl (C=O) groups is 2. The second-order valence-corrected chi connectivity index (χ2v) is 9.48. The number of likely N-dealkylation sites (tertiary alicyclic amines) is 1. The number of amides is 2. The highest BCUT2D eigenvalue weighted by atomic mass is 32.1. The van der Waals surface area contributed by atoms with Gasteiger partial charge >= 0.3 is 6.09 Å². The maximum atomic E-state index is 12.6. The number of benzene rings is 1. The maximum Gasteiger partial charge on any atom is 0.410 e. The minimum atomic E-state index is -0.599. The van der Waals surface area contributed by atoms with Gasteiger partial charge < -0.3 is 10.1 Å². The minimum absolute atomic E-state index is 0.164. The highest BCUT2D eigenvalue weighted by Gasteiger charge is 2.39. The Balaban J connectivity index is 0.00000141. The van der Waals surface area contributed by atoms with Crippen LogP contribution in [0.3, 0.4) is 0 Å². The van der Waals surface area contributed by atoms with Crippen molar-refractivity contribution in [3.05, 3.63) is 41.0 Å². The van der Waals surface area contributed by atoms with Crippen LogP contribution in [0.2, 0.25) is 0 Å². The summed E-state index contributed by atoms with van der Waals surface area (Å²) in [6.45, 7) is 12.1. The third-order valence-corrected chi connectivity index (χ3v) is 6.18. The van der Waals surface area contributed by atoms with Crippen molar-refractivity contribution in [2.24, 2.45) is 4.99 Å². The number of aromatic nitrogens is 1. The van der Waals surface area contributed by atoms with Gasteiger partial charge in [0, 0.05) is 6.54 Å². The Morgan fingerprint density at radius 3 is 2.50 bits per heavy atom. The summed E-state index contributed by atoms with van der Waals surface area (Å²) in [5.41, 5.74) is 4.17. The van der Waals surface area contributed by atoms with Gasteiger partial charge in [0.05, 0.1) is 22.1 Å². The van der Waals surface area contributed by atoms with Crippen LogP contribution in [0, 0.1) is 6.92 Å². The predicted molar refractivity (Wildman–Crippen MR) is 128 cm³/mol. The van der Waals surface area contributed by atoms with Crippen molar-refractivity contribution >= 4 is 29.2 Å². The Labute approximate surface area is 193 Å². The van der Waals surface area contributed by atoms with Crippen molar-refractivity contribution in [2.45, 2.75) is 72.1 Å². The summed E-state index contributed by atoms with van der Waals surface area (Å²) in [5, 5.41) is 2.90. The van der Waals surface area contributed by atoms with Crippen LogP contribution in [0.4, 0.5) is 4.79 Å². The van der Waals surface area contributed by atoms with Crippen LogP contribution in [0.1, 0.15) is 64.8 Å². The van der Waals surface area contributed by atoms with Gasteiger partial charge in [-0.3, -0.25) is 14.7 Å². The van der Waals surface area contributed by atoms with Crippen LogP contribution in [-0.2, 0) is 9.53 Å². The number of nitrogens with zero attached hydrogens (tertiary/aromatic N) is 3. The number of amidine groups is 1. The normalized spacial score (nSPS) is 20.4. The van der Waals surface area contributed by atoms with Gasteiger partial charge in [-0.15, -0.1) is 11.3 Å². The predicted octanol–water partition coefficient (Wildman–Crippen LogP) is 5.11. The molecule has 1 saturated heterocycles. The van der Waals surface area contributed by atoms with Crippen molar-refractivity contribution in [1.29, 1.82) is 0 Å². The molecule has 3 heterocycles. The van der Waals surface area contributed by atoms with Crippen LogP contribution in [-0.4, -0.2) is 45.9 Å². The fourth-order valence-corrected chi connectivity index (χ4v) is 4.62. The summed E-state index contributed by atoms with van der Waals surface area (Å²) in [4.78, 5) is 37.0. The number of carbonyl (C=O) groups excluding carboxylic acids is 2. The Morgan fingerprint density at radius 2 is 1.91 bits per heavy atom. The van der Waals surface area contributed by atoms with Gasteiger partial charge in [0.1, 0.15) is 11.4 Å². The molecule has 2 amide bonds. The van der Waals surface area contributed by atoms with E-state index in [0.717, 1.165) is 34.5 Å². The molecule has 8 heteroatoms. The van der Waals surface area contributed by atoms with Crippen LogP contribution in [0.15, 0.2) is 34.8 Å². The van der Waals surface area contributed by atoms with Gasteiger partial charge in [0.15, 0.2) is 6.04 Å². The van der Waals surface area contributed by atoms with Crippen molar-refractivity contribution in [2.75, 3.05) is 6.54 Å². The van der Waals surface area contributed by atoms with Gasteiger partial charge in [0.2, 0.25) is 0 Å². The molecule has 0 radical (unpaired) electrons. The van der Waals surface area contributed by atoms with E-state index in [2.05, 4.69) is 15.3 Å². The van der Waals surface area contributed by atoms with Gasteiger partial charge in [-0.25, -0.2) is 9.78 Å². The number of hydrogen-bond donors (Lipinski definition) is 1. The van der Waals surface area contributed by atoms with E-state index in [1.165, 1.54) is 0 Å². The second-order valence-electron chi connectivity index (χ2n) is 8.63. The molecule has 1 fully saturated rings. The van der Waals surface area contributed by atoms with E-state index in [1.54, 1.807) is 16.2 Å². The lowest BCUT2D eigenvalue weighted by atomic mass is 10.0. The van der Waals surface area contributed by atoms with E-state index < -0.39 is 11.6 Å². The Kier molecular flexibility index (Phi) is 7.33. The molecular formula is C24H32N4O3S. The quantitative estimate of drug-likeness (QED) is 0.695. The molecule has 2 aromatic rings. The van der Waals surface area contributed by atoms with E-state index >= 15 is 0 Å². The fourth-order valence-electron chi connectivity index (χ4n) is 3.81. The lowest BCUT2D eigenvalue weighted by molar-refractivity contribution is -0.120. The molecule has 0 bridgehead atoms. The molecule has 172 valence electrons. The Morgan fingerprint density at radius 1 is 1.22 bits per heavy atom. The number of aryl methyl sites for hydroxylation is 1. The summed E-state index contributed by atoms with van der Waals surface area (Å²) in [6.07, 6.45) is 1.25. The van der Waals surface area contributed by atoms with Gasteiger partial charge in [0.25, 0.3) is 5.91 Å². The highest BCUT2D eigenvalue weighted by Crippen LogP contribution is 2.31. The Bertz CT molecular complexity index is 991. The third kappa shape index (κ3) is 5.18. The van der Waals surface area contributed by atoms with E-state index in [1.807, 2.05) is 71.3 Å². The first kappa shape index (κ1) is 23.9. The number of rotatable bonds is 3. The molecule has 2 atom stereocenters. The smallest absolute Gasteiger partial charge is 0.410 e. The fraction of sp³-hybridized carbons (Fsp3) is 0.500. The zero-order chi connectivity index (χ0) is 23.5. The minimum Gasteiger partial charge on any atom is -0.444 e. The van der Waals surface area contributed by atoms with Gasteiger partial charge in [-0.2, -0.15) is 0 Å². The van der Waals surface area contributed by atoms with Crippen LogP contribution in [0.5, 0.6) is 0 Å². The van der Waals surface area contributed by atoms with Crippen molar-refractivity contribution < 1.29 is 14.3 Å². The molecule has 1 aromatic heterocycles. The zero-order valence-electron chi connectivity index (χ0n) is 19.6. The molecule has 7 nitrogen and oxygen atoms in total. The first-order valence-corrected chi connectivity index (χ1v) is 12.0. The van der Waals surface area contributed by atoms with Gasteiger partial charge in [-0.1, -0.05) is 38.1 Å². The first-order valence-electron chi connectivity index (χ1n) is 11.1. The monoisotopic (exact) mass is 456 g/mol. The maximum absolute atomic E-state index is 12.6. The average molecular weight is 457 g/mol. The SMILES string of the molecule is CC.Cc1ncsc1-c1ccc(C2N=C(C3CCCN3C(=O)OC(C)(C)C)NC2=O)cc1. The molecule has 2 unspecified atom stereocenters. The van der Waals surface area contributed by atoms with Crippen molar-refractivity contribution in [3.63, 3.8) is 0 Å². The molecule has 2 aliphatic heterocycles. The van der Waals surface area contributed by atoms with Crippen molar-refractivity contribution in [3.8, 4) is 10.4 Å². The van der Waals surface area contributed by atoms with E-state index in [0.29, 0.717) is 12.4 Å². The van der Waals surface area contributed by atoms with Gasteiger partial charge in [-0.05, 0) is 51.7 Å².